The molecule has 1 aromatic carbocycles. The quantitative estimate of drug-likeness (QED) is 0.854. The molecule has 0 aliphatic rings. The van der Waals surface area contributed by atoms with E-state index in [1.54, 1.807) is 26.2 Å². The molecule has 7 heteroatoms. The van der Waals surface area contributed by atoms with Crippen LogP contribution in [0.5, 0.6) is 11.6 Å². The third-order valence-electron chi connectivity index (χ3n) is 2.62. The molecular weight excluding hydrogens is 270 g/mol. The molecule has 0 spiro atoms. The normalized spacial score (nSPS) is 9.76. The van der Waals surface area contributed by atoms with Gasteiger partial charge in [0.15, 0.2) is 11.4 Å². The molecule has 0 unspecified atom stereocenters. The zero-order valence-electron chi connectivity index (χ0n) is 11.6. The molecule has 0 bridgehead atoms. The number of carbonyl (C=O) groups is 1. The molecule has 2 aromatic rings. The summed E-state index contributed by atoms with van der Waals surface area (Å²) in [6.45, 7) is 0. The fourth-order valence-corrected chi connectivity index (χ4v) is 1.54. The molecule has 2 N–H and O–H groups in total. The van der Waals surface area contributed by atoms with Crippen LogP contribution in [0.4, 0.5) is 5.69 Å². The van der Waals surface area contributed by atoms with Gasteiger partial charge in [0, 0.05) is 20.2 Å². The maximum Gasteiger partial charge on any atom is 0.273 e. The van der Waals surface area contributed by atoms with Crippen molar-refractivity contribution in [3.8, 4) is 17.7 Å². The van der Waals surface area contributed by atoms with Crippen molar-refractivity contribution in [1.29, 1.82) is 5.26 Å². The van der Waals surface area contributed by atoms with Crippen LogP contribution in [-0.4, -0.2) is 35.1 Å². The molecule has 21 heavy (non-hydrogen) atoms. The summed E-state index contributed by atoms with van der Waals surface area (Å²) in [4.78, 5) is 13.1. The van der Waals surface area contributed by atoms with Gasteiger partial charge >= 0.3 is 0 Å². The van der Waals surface area contributed by atoms with E-state index in [0.717, 1.165) is 0 Å². The van der Waals surface area contributed by atoms with Crippen LogP contribution in [0.1, 0.15) is 16.1 Å². The average Bonchev–Trinajstić information content (AvgIpc) is 2.49. The second kappa shape index (κ2) is 5.88. The molecule has 0 saturated carbocycles. The number of hydrogen-bond donors (Lipinski definition) is 1. The second-order valence-electron chi connectivity index (χ2n) is 4.42. The zero-order chi connectivity index (χ0) is 15.4. The van der Waals surface area contributed by atoms with Gasteiger partial charge in [0.1, 0.15) is 0 Å². The van der Waals surface area contributed by atoms with Crippen LogP contribution in [0.15, 0.2) is 30.3 Å². The highest BCUT2D eigenvalue weighted by Crippen LogP contribution is 2.26. The first kappa shape index (κ1) is 14.3. The van der Waals surface area contributed by atoms with Gasteiger partial charge in [0.25, 0.3) is 5.91 Å². The predicted molar refractivity (Wildman–Crippen MR) is 75.7 cm³/mol. The molecule has 106 valence electrons. The van der Waals surface area contributed by atoms with E-state index in [1.807, 2.05) is 6.07 Å². The molecule has 0 atom stereocenters. The van der Waals surface area contributed by atoms with Crippen LogP contribution >= 0.6 is 0 Å². The predicted octanol–water partition coefficient (Wildman–Crippen LogP) is 1.42. The van der Waals surface area contributed by atoms with Gasteiger partial charge in [-0.15, -0.1) is 10.2 Å². The standard InChI is InChI=1S/C14H13N5O2/c1-19(2)14(20)11-4-6-13(18-17-11)21-12-5-3-9(8-15)7-10(12)16/h3-7H,16H2,1-2H3. The fourth-order valence-electron chi connectivity index (χ4n) is 1.54. The lowest BCUT2D eigenvalue weighted by Gasteiger charge is -2.10. The lowest BCUT2D eigenvalue weighted by molar-refractivity contribution is 0.0820. The first-order valence-corrected chi connectivity index (χ1v) is 6.04. The minimum Gasteiger partial charge on any atom is -0.435 e. The highest BCUT2D eigenvalue weighted by Gasteiger charge is 2.11. The zero-order valence-corrected chi connectivity index (χ0v) is 11.6. The summed E-state index contributed by atoms with van der Waals surface area (Å²) in [6, 6.07) is 9.70. The van der Waals surface area contributed by atoms with Crippen LogP contribution < -0.4 is 10.5 Å². The molecule has 0 saturated heterocycles. The monoisotopic (exact) mass is 283 g/mol. The van der Waals surface area contributed by atoms with Gasteiger partial charge in [-0.3, -0.25) is 4.79 Å². The summed E-state index contributed by atoms with van der Waals surface area (Å²) in [6.07, 6.45) is 0. The lowest BCUT2D eigenvalue weighted by atomic mass is 10.2. The Balaban J connectivity index is 2.18. The molecule has 0 aliphatic heterocycles. The summed E-state index contributed by atoms with van der Waals surface area (Å²) in [5, 5.41) is 16.4. The van der Waals surface area contributed by atoms with E-state index < -0.39 is 0 Å². The Morgan fingerprint density at radius 1 is 1.29 bits per heavy atom. The van der Waals surface area contributed by atoms with Gasteiger partial charge in [-0.25, -0.2) is 0 Å². The van der Waals surface area contributed by atoms with Gasteiger partial charge in [0.2, 0.25) is 5.88 Å². The van der Waals surface area contributed by atoms with Crippen LogP contribution in [0.3, 0.4) is 0 Å². The number of anilines is 1. The van der Waals surface area contributed by atoms with Crippen LogP contribution in [0.2, 0.25) is 0 Å². The summed E-state index contributed by atoms with van der Waals surface area (Å²) in [5.41, 5.74) is 6.77. The Bertz CT molecular complexity index is 704. The number of ether oxygens (including phenoxy) is 1. The number of rotatable bonds is 3. The molecule has 0 radical (unpaired) electrons. The average molecular weight is 283 g/mol. The van der Waals surface area contributed by atoms with Crippen molar-refractivity contribution in [2.45, 2.75) is 0 Å². The second-order valence-corrected chi connectivity index (χ2v) is 4.42. The third-order valence-corrected chi connectivity index (χ3v) is 2.62. The number of hydrogen-bond acceptors (Lipinski definition) is 6. The molecule has 0 aliphatic carbocycles. The number of aromatic nitrogens is 2. The van der Waals surface area contributed by atoms with Crippen molar-refractivity contribution < 1.29 is 9.53 Å². The molecule has 1 heterocycles. The number of nitriles is 1. The van der Waals surface area contributed by atoms with Gasteiger partial charge in [-0.05, 0) is 24.3 Å². The van der Waals surface area contributed by atoms with Crippen molar-refractivity contribution in [1.82, 2.24) is 15.1 Å². The lowest BCUT2D eigenvalue weighted by Crippen LogP contribution is -2.23. The minimum atomic E-state index is -0.244. The molecule has 0 fully saturated rings. The largest absolute Gasteiger partial charge is 0.435 e. The van der Waals surface area contributed by atoms with E-state index in [2.05, 4.69) is 10.2 Å². The Morgan fingerprint density at radius 2 is 2.05 bits per heavy atom. The smallest absolute Gasteiger partial charge is 0.273 e. The Hall–Kier alpha value is -3.14. The van der Waals surface area contributed by atoms with Crippen molar-refractivity contribution >= 4 is 11.6 Å². The minimum absolute atomic E-state index is 0.210. The van der Waals surface area contributed by atoms with E-state index in [1.165, 1.54) is 23.1 Å². The maximum absolute atomic E-state index is 11.7. The number of benzene rings is 1. The van der Waals surface area contributed by atoms with Crippen LogP contribution in [-0.2, 0) is 0 Å². The van der Waals surface area contributed by atoms with Gasteiger partial charge < -0.3 is 15.4 Å². The first-order chi connectivity index (χ1) is 10.0. The Labute approximate surface area is 121 Å². The van der Waals surface area contributed by atoms with Crippen LogP contribution in [0.25, 0.3) is 0 Å². The molecule has 2 rings (SSSR count). The summed E-state index contributed by atoms with van der Waals surface area (Å²) < 4.78 is 5.47. The van der Waals surface area contributed by atoms with E-state index >= 15 is 0 Å². The molecule has 1 amide bonds. The number of carbonyl (C=O) groups excluding carboxylic acids is 1. The van der Waals surface area contributed by atoms with Crippen molar-refractivity contribution in [2.75, 3.05) is 19.8 Å². The van der Waals surface area contributed by atoms with Crippen molar-refractivity contribution in [3.63, 3.8) is 0 Å². The Morgan fingerprint density at radius 3 is 2.57 bits per heavy atom. The number of amides is 1. The fraction of sp³-hybridized carbons (Fsp3) is 0.143. The van der Waals surface area contributed by atoms with Gasteiger partial charge in [-0.1, -0.05) is 0 Å². The summed E-state index contributed by atoms with van der Waals surface area (Å²) >= 11 is 0. The van der Waals surface area contributed by atoms with E-state index in [4.69, 9.17) is 15.7 Å². The summed E-state index contributed by atoms with van der Waals surface area (Å²) in [5.74, 6) is 0.337. The molecular formula is C14H13N5O2. The van der Waals surface area contributed by atoms with Gasteiger partial charge in [0.05, 0.1) is 17.3 Å². The van der Waals surface area contributed by atoms with E-state index in [9.17, 15) is 4.79 Å². The number of nitrogens with two attached hydrogens (primary N) is 1. The highest BCUT2D eigenvalue weighted by atomic mass is 16.5. The highest BCUT2D eigenvalue weighted by molar-refractivity contribution is 5.91. The number of nitrogen functional groups attached to an aromatic ring is 1. The van der Waals surface area contributed by atoms with E-state index in [-0.39, 0.29) is 17.5 Å². The van der Waals surface area contributed by atoms with Crippen molar-refractivity contribution in [3.05, 3.63) is 41.6 Å². The number of nitrogens with zero attached hydrogens (tertiary/aromatic N) is 4. The van der Waals surface area contributed by atoms with E-state index in [0.29, 0.717) is 17.0 Å². The Kier molecular flexibility index (Phi) is 4.00. The van der Waals surface area contributed by atoms with Crippen LogP contribution in [0, 0.1) is 11.3 Å². The molecule has 7 nitrogen and oxygen atoms in total. The SMILES string of the molecule is CN(C)C(=O)c1ccc(Oc2ccc(C#N)cc2N)nn1. The van der Waals surface area contributed by atoms with Crippen molar-refractivity contribution in [2.24, 2.45) is 0 Å². The third kappa shape index (κ3) is 3.25. The van der Waals surface area contributed by atoms with Gasteiger partial charge in [-0.2, -0.15) is 5.26 Å². The topological polar surface area (TPSA) is 105 Å². The molecule has 1 aromatic heterocycles. The summed E-state index contributed by atoms with van der Waals surface area (Å²) in [7, 11) is 3.26. The maximum atomic E-state index is 11.7. The first-order valence-electron chi connectivity index (χ1n) is 6.04.